The summed E-state index contributed by atoms with van der Waals surface area (Å²) in [5.74, 6) is -2.58. The molecule has 1 aliphatic rings. The van der Waals surface area contributed by atoms with E-state index in [9.17, 15) is 14.4 Å². The molecule has 0 radical (unpaired) electrons. The molecule has 2 rings (SSSR count). The third-order valence-electron chi connectivity index (χ3n) is 4.95. The number of carbonyl (C=O) groups is 3. The molecule has 1 aromatic rings. The fourth-order valence-electron chi connectivity index (χ4n) is 3.64. The zero-order valence-electron chi connectivity index (χ0n) is 20.4. The molecule has 34 heavy (non-hydrogen) atoms. The van der Waals surface area contributed by atoms with Crippen LogP contribution in [0.2, 0.25) is 0 Å². The van der Waals surface area contributed by atoms with Crippen molar-refractivity contribution in [1.82, 2.24) is 5.32 Å². The molecule has 0 aromatic heterocycles. The zero-order valence-corrected chi connectivity index (χ0v) is 20.4. The Bertz CT molecular complexity index is 1100. The van der Waals surface area contributed by atoms with Gasteiger partial charge in [0.15, 0.2) is 0 Å². The topological polar surface area (TPSA) is 115 Å². The van der Waals surface area contributed by atoms with Crippen molar-refractivity contribution < 1.29 is 28.6 Å². The molecule has 0 spiro atoms. The van der Waals surface area contributed by atoms with Crippen molar-refractivity contribution in [1.29, 1.82) is 5.26 Å². The van der Waals surface area contributed by atoms with Gasteiger partial charge in [-0.1, -0.05) is 24.3 Å². The van der Waals surface area contributed by atoms with Crippen LogP contribution in [-0.4, -0.2) is 37.2 Å². The zero-order chi connectivity index (χ0) is 25.5. The van der Waals surface area contributed by atoms with Gasteiger partial charge in [-0.05, 0) is 51.8 Å². The Morgan fingerprint density at radius 2 is 1.71 bits per heavy atom. The van der Waals surface area contributed by atoms with Crippen molar-refractivity contribution >= 4 is 24.0 Å². The molecule has 0 aliphatic carbocycles. The smallest absolute Gasteiger partial charge is 0.336 e. The van der Waals surface area contributed by atoms with E-state index in [1.54, 1.807) is 65.0 Å². The number of benzene rings is 1. The van der Waals surface area contributed by atoms with Gasteiger partial charge >= 0.3 is 17.9 Å². The molecule has 1 aromatic carbocycles. The van der Waals surface area contributed by atoms with Crippen molar-refractivity contribution in [3.63, 3.8) is 0 Å². The largest absolute Gasteiger partial charge is 0.466 e. The molecule has 0 saturated carbocycles. The summed E-state index contributed by atoms with van der Waals surface area (Å²) in [6.45, 7) is 8.68. The van der Waals surface area contributed by atoms with Gasteiger partial charge in [-0.25, -0.2) is 14.4 Å². The lowest BCUT2D eigenvalue weighted by molar-refractivity contribution is -0.148. The highest BCUT2D eigenvalue weighted by Gasteiger charge is 2.38. The number of esters is 3. The Kier molecular flexibility index (Phi) is 8.79. The molecule has 0 bridgehead atoms. The summed E-state index contributed by atoms with van der Waals surface area (Å²) in [5, 5.41) is 11.8. The molecule has 180 valence electrons. The van der Waals surface area contributed by atoms with Crippen LogP contribution in [-0.2, 0) is 28.6 Å². The van der Waals surface area contributed by atoms with E-state index in [4.69, 9.17) is 19.5 Å². The number of hydrogen-bond donors (Lipinski definition) is 1. The van der Waals surface area contributed by atoms with Gasteiger partial charge in [0.1, 0.15) is 12.2 Å². The highest BCUT2D eigenvalue weighted by atomic mass is 16.6. The summed E-state index contributed by atoms with van der Waals surface area (Å²) in [6, 6.07) is 9.04. The number of hydrogen-bond acceptors (Lipinski definition) is 8. The van der Waals surface area contributed by atoms with E-state index in [2.05, 4.69) is 5.32 Å². The predicted molar refractivity (Wildman–Crippen MR) is 126 cm³/mol. The van der Waals surface area contributed by atoms with E-state index in [1.165, 1.54) is 13.2 Å². The standard InChI is InChI=1S/C26H30N2O6/c1-16-21(24(30)32-6)23(22(17(2)28-16)25(31)33-15-9-14-27)19-11-8-7-10-18(19)12-13-20(29)34-26(3,4)5/h7-8,10-13,23,28H,9,15H2,1-6H3/b13-12+. The number of allylic oxidation sites excluding steroid dienone is 2. The van der Waals surface area contributed by atoms with E-state index >= 15 is 0 Å². The average molecular weight is 467 g/mol. The van der Waals surface area contributed by atoms with Crippen LogP contribution in [0.3, 0.4) is 0 Å². The van der Waals surface area contributed by atoms with Crippen LogP contribution < -0.4 is 5.32 Å². The van der Waals surface area contributed by atoms with Crippen molar-refractivity contribution in [3.05, 3.63) is 64.0 Å². The lowest BCUT2D eigenvalue weighted by Gasteiger charge is -2.31. The number of nitrogens with one attached hydrogen (secondary N) is 1. The number of nitriles is 1. The molecular formula is C26H30N2O6. The fourth-order valence-corrected chi connectivity index (χ4v) is 3.64. The Balaban J connectivity index is 2.61. The number of nitrogens with zero attached hydrogens (tertiary/aromatic N) is 1. The van der Waals surface area contributed by atoms with Gasteiger partial charge in [-0.2, -0.15) is 5.26 Å². The number of carbonyl (C=O) groups excluding carboxylic acids is 3. The Morgan fingerprint density at radius 1 is 1.09 bits per heavy atom. The average Bonchev–Trinajstić information content (AvgIpc) is 2.75. The highest BCUT2D eigenvalue weighted by Crippen LogP contribution is 2.40. The van der Waals surface area contributed by atoms with Crippen LogP contribution in [0.1, 0.15) is 58.1 Å². The van der Waals surface area contributed by atoms with Gasteiger partial charge in [0, 0.05) is 17.5 Å². The van der Waals surface area contributed by atoms with E-state index in [0.29, 0.717) is 22.5 Å². The predicted octanol–water partition coefficient (Wildman–Crippen LogP) is 3.91. The molecule has 0 amide bonds. The lowest BCUT2D eigenvalue weighted by atomic mass is 9.78. The van der Waals surface area contributed by atoms with Crippen LogP contribution in [0.25, 0.3) is 6.08 Å². The number of dihydropyridines is 1. The van der Waals surface area contributed by atoms with Gasteiger partial charge in [0.25, 0.3) is 0 Å². The minimum Gasteiger partial charge on any atom is -0.466 e. The molecule has 1 unspecified atom stereocenters. The minimum atomic E-state index is -0.817. The first-order chi connectivity index (χ1) is 16.0. The van der Waals surface area contributed by atoms with Gasteiger partial charge in [-0.3, -0.25) is 0 Å². The third kappa shape index (κ3) is 6.58. The number of rotatable bonds is 7. The highest BCUT2D eigenvalue weighted by molar-refractivity contribution is 6.00. The summed E-state index contributed by atoms with van der Waals surface area (Å²) >= 11 is 0. The van der Waals surface area contributed by atoms with Gasteiger partial charge < -0.3 is 19.5 Å². The first kappa shape index (κ1) is 26.4. The second kappa shape index (κ2) is 11.3. The maximum atomic E-state index is 13.1. The Morgan fingerprint density at radius 3 is 2.29 bits per heavy atom. The van der Waals surface area contributed by atoms with Crippen molar-refractivity contribution in [2.45, 2.75) is 52.6 Å². The van der Waals surface area contributed by atoms with Crippen LogP contribution in [0.15, 0.2) is 52.9 Å². The summed E-state index contributed by atoms with van der Waals surface area (Å²) < 4.78 is 15.7. The molecule has 1 atom stereocenters. The molecule has 1 aliphatic heterocycles. The number of methoxy groups -OCH3 is 1. The fraction of sp³-hybridized carbons (Fsp3) is 0.385. The van der Waals surface area contributed by atoms with Crippen molar-refractivity contribution in [3.8, 4) is 6.07 Å². The van der Waals surface area contributed by atoms with Crippen molar-refractivity contribution in [2.75, 3.05) is 13.7 Å². The maximum Gasteiger partial charge on any atom is 0.336 e. The van der Waals surface area contributed by atoms with Crippen LogP contribution in [0.5, 0.6) is 0 Å². The quantitative estimate of drug-likeness (QED) is 0.278. The van der Waals surface area contributed by atoms with Gasteiger partial charge in [-0.15, -0.1) is 0 Å². The van der Waals surface area contributed by atoms with Crippen LogP contribution >= 0.6 is 0 Å². The Labute approximate surface area is 199 Å². The molecule has 8 nitrogen and oxygen atoms in total. The monoisotopic (exact) mass is 466 g/mol. The van der Waals surface area contributed by atoms with Gasteiger partial charge in [0.2, 0.25) is 0 Å². The number of ether oxygens (including phenoxy) is 3. The van der Waals surface area contributed by atoms with E-state index in [0.717, 1.165) is 0 Å². The van der Waals surface area contributed by atoms with Crippen LogP contribution in [0.4, 0.5) is 0 Å². The molecule has 1 heterocycles. The SMILES string of the molecule is COC(=O)C1=C(C)NC(C)=C(C(=O)OCCC#N)C1c1ccccc1/C=C/C(=O)OC(C)(C)C. The third-order valence-corrected chi connectivity index (χ3v) is 4.95. The summed E-state index contributed by atoms with van der Waals surface area (Å²) in [4.78, 5) is 38.1. The van der Waals surface area contributed by atoms with Gasteiger partial charge in [0.05, 0.1) is 36.7 Å². The second-order valence-electron chi connectivity index (χ2n) is 8.67. The first-order valence-corrected chi connectivity index (χ1v) is 10.8. The molecule has 0 saturated heterocycles. The summed E-state index contributed by atoms with van der Waals surface area (Å²) in [7, 11) is 1.27. The molecule has 8 heteroatoms. The molecule has 1 N–H and O–H groups in total. The minimum absolute atomic E-state index is 0.0457. The van der Waals surface area contributed by atoms with E-state index in [-0.39, 0.29) is 24.2 Å². The van der Waals surface area contributed by atoms with E-state index in [1.807, 2.05) is 6.07 Å². The second-order valence-corrected chi connectivity index (χ2v) is 8.67. The van der Waals surface area contributed by atoms with Crippen LogP contribution in [0, 0.1) is 11.3 Å². The maximum absolute atomic E-state index is 13.1. The molecule has 0 fully saturated rings. The summed E-state index contributed by atoms with van der Waals surface area (Å²) in [6.07, 6.45) is 2.94. The summed E-state index contributed by atoms with van der Waals surface area (Å²) in [5.41, 5.74) is 2.10. The van der Waals surface area contributed by atoms with Crippen molar-refractivity contribution in [2.24, 2.45) is 0 Å². The molecular weight excluding hydrogens is 436 g/mol. The normalized spacial score (nSPS) is 16.1. The lowest BCUT2D eigenvalue weighted by Crippen LogP contribution is -2.32. The first-order valence-electron chi connectivity index (χ1n) is 10.8. The van der Waals surface area contributed by atoms with E-state index < -0.39 is 29.4 Å². The Hall–Kier alpha value is -3.86.